The summed E-state index contributed by atoms with van der Waals surface area (Å²) >= 11 is 0. The fourth-order valence-corrected chi connectivity index (χ4v) is 2.01. The summed E-state index contributed by atoms with van der Waals surface area (Å²) < 4.78 is 0. The predicted octanol–water partition coefficient (Wildman–Crippen LogP) is 1.71. The summed E-state index contributed by atoms with van der Waals surface area (Å²) in [7, 11) is 0. The van der Waals surface area contributed by atoms with E-state index in [0.29, 0.717) is 11.9 Å². The Labute approximate surface area is 89.8 Å². The smallest absolute Gasteiger partial charge is 0.156 e. The van der Waals surface area contributed by atoms with Gasteiger partial charge in [-0.3, -0.25) is 0 Å². The topological polar surface area (TPSA) is 58.0 Å². The number of nitrogens with zero attached hydrogens (tertiary/aromatic N) is 2. The normalized spacial score (nSPS) is 17.7. The Morgan fingerprint density at radius 2 is 2.13 bits per heavy atom. The van der Waals surface area contributed by atoms with Crippen LogP contribution >= 0.6 is 0 Å². The number of anilines is 1. The zero-order valence-corrected chi connectivity index (χ0v) is 8.82. The van der Waals surface area contributed by atoms with Crippen molar-refractivity contribution in [1.82, 2.24) is 9.97 Å². The summed E-state index contributed by atoms with van der Waals surface area (Å²) in [4.78, 5) is 8.16. The van der Waals surface area contributed by atoms with Crippen molar-refractivity contribution in [2.45, 2.75) is 44.8 Å². The van der Waals surface area contributed by atoms with Crippen LogP contribution in [0.2, 0.25) is 0 Å². The highest BCUT2D eigenvalue weighted by Gasteiger charge is 2.13. The van der Waals surface area contributed by atoms with Gasteiger partial charge >= 0.3 is 0 Å². The number of rotatable bonds is 3. The van der Waals surface area contributed by atoms with Gasteiger partial charge < -0.3 is 10.4 Å². The van der Waals surface area contributed by atoms with E-state index in [9.17, 15) is 0 Å². The zero-order valence-electron chi connectivity index (χ0n) is 8.82. The molecule has 1 heterocycles. The van der Waals surface area contributed by atoms with Crippen LogP contribution in [0.5, 0.6) is 0 Å². The molecule has 0 spiro atoms. The van der Waals surface area contributed by atoms with Gasteiger partial charge in [-0.15, -0.1) is 0 Å². The van der Waals surface area contributed by atoms with Gasteiger partial charge in [-0.25, -0.2) is 9.97 Å². The molecule has 1 aromatic rings. The van der Waals surface area contributed by atoms with Gasteiger partial charge in [-0.2, -0.15) is 0 Å². The average Bonchev–Trinajstić information content (AvgIpc) is 2.31. The summed E-state index contributed by atoms with van der Waals surface area (Å²) in [5, 5.41) is 12.3. The Morgan fingerprint density at radius 1 is 1.33 bits per heavy atom. The summed E-state index contributed by atoms with van der Waals surface area (Å²) in [5.74, 6) is 1.32. The van der Waals surface area contributed by atoms with Crippen LogP contribution in [0.15, 0.2) is 12.3 Å². The molecule has 4 heteroatoms. The Balaban J connectivity index is 1.96. The van der Waals surface area contributed by atoms with Crippen LogP contribution in [-0.4, -0.2) is 21.1 Å². The lowest BCUT2D eigenvalue weighted by Crippen LogP contribution is -2.23. The minimum Gasteiger partial charge on any atom is -0.388 e. The molecule has 4 nitrogen and oxygen atoms in total. The molecule has 0 radical (unpaired) electrons. The van der Waals surface area contributed by atoms with Crippen LogP contribution in [0.1, 0.15) is 37.9 Å². The highest BCUT2D eigenvalue weighted by Crippen LogP contribution is 2.20. The highest BCUT2D eigenvalue weighted by atomic mass is 16.3. The lowest BCUT2D eigenvalue weighted by atomic mass is 9.95. The van der Waals surface area contributed by atoms with Crippen molar-refractivity contribution in [3.63, 3.8) is 0 Å². The first-order valence-electron chi connectivity index (χ1n) is 5.58. The molecule has 0 atom stereocenters. The van der Waals surface area contributed by atoms with Crippen molar-refractivity contribution >= 4 is 5.82 Å². The third-order valence-corrected chi connectivity index (χ3v) is 2.80. The van der Waals surface area contributed by atoms with Crippen LogP contribution in [0.25, 0.3) is 0 Å². The molecule has 1 aromatic heterocycles. The van der Waals surface area contributed by atoms with Crippen LogP contribution in [-0.2, 0) is 6.61 Å². The van der Waals surface area contributed by atoms with E-state index < -0.39 is 0 Å². The fraction of sp³-hybridized carbons (Fsp3) is 0.636. The highest BCUT2D eigenvalue weighted by molar-refractivity contribution is 5.34. The first kappa shape index (κ1) is 10.4. The van der Waals surface area contributed by atoms with Crippen molar-refractivity contribution in [3.05, 3.63) is 18.1 Å². The third-order valence-electron chi connectivity index (χ3n) is 2.80. The van der Waals surface area contributed by atoms with E-state index in [4.69, 9.17) is 5.11 Å². The van der Waals surface area contributed by atoms with Gasteiger partial charge in [0.2, 0.25) is 0 Å². The van der Waals surface area contributed by atoms with Gasteiger partial charge in [-0.05, 0) is 18.9 Å². The van der Waals surface area contributed by atoms with Crippen LogP contribution in [0, 0.1) is 0 Å². The maximum atomic E-state index is 8.92. The first-order valence-corrected chi connectivity index (χ1v) is 5.58. The summed E-state index contributed by atoms with van der Waals surface area (Å²) in [6.45, 7) is -0.0970. The minimum atomic E-state index is -0.0970. The van der Waals surface area contributed by atoms with E-state index in [2.05, 4.69) is 15.3 Å². The van der Waals surface area contributed by atoms with Crippen LogP contribution in [0.3, 0.4) is 0 Å². The quantitative estimate of drug-likeness (QED) is 0.792. The summed E-state index contributed by atoms with van der Waals surface area (Å²) in [5.41, 5.74) is 0. The van der Waals surface area contributed by atoms with Crippen molar-refractivity contribution < 1.29 is 5.11 Å². The SMILES string of the molecule is OCc1nccc(NC2CCCCC2)n1. The fourth-order valence-electron chi connectivity index (χ4n) is 2.01. The molecule has 15 heavy (non-hydrogen) atoms. The Hall–Kier alpha value is -1.16. The van der Waals surface area contributed by atoms with E-state index in [1.54, 1.807) is 6.20 Å². The number of aromatic nitrogens is 2. The molecule has 1 aliphatic carbocycles. The maximum Gasteiger partial charge on any atom is 0.156 e. The van der Waals surface area contributed by atoms with Crippen molar-refractivity contribution in [1.29, 1.82) is 0 Å². The van der Waals surface area contributed by atoms with Crippen molar-refractivity contribution in [2.75, 3.05) is 5.32 Å². The number of hydrogen-bond acceptors (Lipinski definition) is 4. The zero-order chi connectivity index (χ0) is 10.5. The third kappa shape index (κ3) is 2.89. The Bertz CT molecular complexity index is 310. The predicted molar refractivity (Wildman–Crippen MR) is 58.5 cm³/mol. The molecule has 1 aliphatic rings. The van der Waals surface area contributed by atoms with E-state index in [-0.39, 0.29) is 6.61 Å². The number of aliphatic hydroxyl groups is 1. The number of hydrogen-bond donors (Lipinski definition) is 2. The minimum absolute atomic E-state index is 0.0970. The number of nitrogens with one attached hydrogen (secondary N) is 1. The molecule has 0 amide bonds. The second-order valence-corrected chi connectivity index (χ2v) is 4.00. The maximum absolute atomic E-state index is 8.92. The van der Waals surface area contributed by atoms with Gasteiger partial charge in [0.25, 0.3) is 0 Å². The second-order valence-electron chi connectivity index (χ2n) is 4.00. The first-order chi connectivity index (χ1) is 7.38. The van der Waals surface area contributed by atoms with Gasteiger partial charge in [0, 0.05) is 12.2 Å². The van der Waals surface area contributed by atoms with Gasteiger partial charge in [-0.1, -0.05) is 19.3 Å². The van der Waals surface area contributed by atoms with Crippen molar-refractivity contribution in [2.24, 2.45) is 0 Å². The molecular weight excluding hydrogens is 190 g/mol. The summed E-state index contributed by atoms with van der Waals surface area (Å²) in [6.07, 6.45) is 8.08. The molecule has 0 unspecified atom stereocenters. The molecular formula is C11H17N3O. The van der Waals surface area contributed by atoms with Gasteiger partial charge in [0.1, 0.15) is 12.4 Å². The average molecular weight is 207 g/mol. The summed E-state index contributed by atoms with van der Waals surface area (Å²) in [6, 6.07) is 2.40. The molecule has 0 bridgehead atoms. The van der Waals surface area contributed by atoms with E-state index in [1.807, 2.05) is 6.07 Å². The monoisotopic (exact) mass is 207 g/mol. The molecule has 0 aliphatic heterocycles. The molecule has 2 rings (SSSR count). The van der Waals surface area contributed by atoms with E-state index in [1.165, 1.54) is 32.1 Å². The largest absolute Gasteiger partial charge is 0.388 e. The van der Waals surface area contributed by atoms with Crippen LogP contribution in [0.4, 0.5) is 5.82 Å². The molecule has 1 saturated carbocycles. The Kier molecular flexibility index (Phi) is 3.50. The molecule has 2 N–H and O–H groups in total. The van der Waals surface area contributed by atoms with Crippen LogP contribution < -0.4 is 5.32 Å². The molecule has 0 saturated heterocycles. The standard InChI is InChI=1S/C11H17N3O/c15-8-11-12-7-6-10(14-11)13-9-4-2-1-3-5-9/h6-7,9,15H,1-5,8H2,(H,12,13,14). The Morgan fingerprint density at radius 3 is 2.87 bits per heavy atom. The molecule has 82 valence electrons. The van der Waals surface area contributed by atoms with Gasteiger partial charge in [0.15, 0.2) is 5.82 Å². The second kappa shape index (κ2) is 5.07. The number of aliphatic hydroxyl groups excluding tert-OH is 1. The van der Waals surface area contributed by atoms with E-state index >= 15 is 0 Å². The van der Waals surface area contributed by atoms with Gasteiger partial charge in [0.05, 0.1) is 0 Å². The van der Waals surface area contributed by atoms with E-state index in [0.717, 1.165) is 5.82 Å². The lowest BCUT2D eigenvalue weighted by Gasteiger charge is -2.23. The lowest BCUT2D eigenvalue weighted by molar-refractivity contribution is 0.271. The molecule has 1 fully saturated rings. The van der Waals surface area contributed by atoms with Crippen molar-refractivity contribution in [3.8, 4) is 0 Å². The molecule has 0 aromatic carbocycles.